The van der Waals surface area contributed by atoms with Crippen LogP contribution in [0.25, 0.3) is 0 Å². The molecule has 1 aromatic carbocycles. The zero-order valence-electron chi connectivity index (χ0n) is 11.5. The third kappa shape index (κ3) is 3.10. The molecular formula is C13H17N3O2S2. The second kappa shape index (κ2) is 5.41. The summed E-state index contributed by atoms with van der Waals surface area (Å²) in [5.41, 5.74) is 7.92. The Hall–Kier alpha value is -1.60. The number of anilines is 2. The molecule has 2 rings (SSSR count). The molecule has 0 unspecified atom stereocenters. The van der Waals surface area contributed by atoms with Crippen molar-refractivity contribution in [1.29, 1.82) is 0 Å². The Labute approximate surface area is 122 Å². The Bertz CT molecular complexity index is 721. The van der Waals surface area contributed by atoms with Gasteiger partial charge in [-0.1, -0.05) is 19.9 Å². The molecular weight excluding hydrogens is 294 g/mol. The third-order valence-electron chi connectivity index (χ3n) is 2.90. The number of nitrogens with two attached hydrogens (primary N) is 1. The minimum atomic E-state index is -3.65. The van der Waals surface area contributed by atoms with E-state index in [1.54, 1.807) is 6.07 Å². The fourth-order valence-corrected chi connectivity index (χ4v) is 3.72. The predicted octanol–water partition coefficient (Wildman–Crippen LogP) is 2.96. The van der Waals surface area contributed by atoms with Crippen LogP contribution in [-0.2, 0) is 10.0 Å². The molecule has 0 bridgehead atoms. The standard InChI is InChI=1S/C13H17N3O2S2/c1-8(2)12-7-19-13(15-12)16-20(17,18)10-5-4-9(3)11(14)6-10/h4-8H,14H2,1-3H3,(H,15,16). The van der Waals surface area contributed by atoms with Gasteiger partial charge in [0.1, 0.15) is 0 Å². The molecule has 0 aliphatic heterocycles. The summed E-state index contributed by atoms with van der Waals surface area (Å²) >= 11 is 1.27. The minimum Gasteiger partial charge on any atom is -0.398 e. The van der Waals surface area contributed by atoms with Crippen LogP contribution in [0.5, 0.6) is 0 Å². The van der Waals surface area contributed by atoms with E-state index in [1.165, 1.54) is 23.5 Å². The van der Waals surface area contributed by atoms with Gasteiger partial charge >= 0.3 is 0 Å². The normalized spacial score (nSPS) is 11.8. The second-order valence-electron chi connectivity index (χ2n) is 4.86. The number of thiazole rings is 1. The van der Waals surface area contributed by atoms with Gasteiger partial charge in [-0.25, -0.2) is 13.4 Å². The van der Waals surface area contributed by atoms with Crippen LogP contribution in [-0.4, -0.2) is 13.4 Å². The summed E-state index contributed by atoms with van der Waals surface area (Å²) in [5, 5.41) is 2.22. The SMILES string of the molecule is Cc1ccc(S(=O)(=O)Nc2nc(C(C)C)cs2)cc1N. The number of nitrogen functional groups attached to an aromatic ring is 1. The highest BCUT2D eigenvalue weighted by molar-refractivity contribution is 7.93. The maximum Gasteiger partial charge on any atom is 0.263 e. The minimum absolute atomic E-state index is 0.141. The van der Waals surface area contributed by atoms with Crippen molar-refractivity contribution in [1.82, 2.24) is 4.98 Å². The van der Waals surface area contributed by atoms with Crippen molar-refractivity contribution >= 4 is 32.2 Å². The molecule has 0 saturated carbocycles. The number of aromatic nitrogens is 1. The Morgan fingerprint density at radius 3 is 2.60 bits per heavy atom. The number of rotatable bonds is 4. The lowest BCUT2D eigenvalue weighted by Gasteiger charge is -2.07. The van der Waals surface area contributed by atoms with E-state index in [1.807, 2.05) is 26.2 Å². The summed E-state index contributed by atoms with van der Waals surface area (Å²) in [6, 6.07) is 4.67. The maximum absolute atomic E-state index is 12.2. The van der Waals surface area contributed by atoms with Gasteiger partial charge in [0.2, 0.25) is 0 Å². The smallest absolute Gasteiger partial charge is 0.263 e. The summed E-state index contributed by atoms with van der Waals surface area (Å²) in [4.78, 5) is 4.40. The number of hydrogen-bond donors (Lipinski definition) is 2. The Kier molecular flexibility index (Phi) is 4.01. The first-order valence-electron chi connectivity index (χ1n) is 6.14. The van der Waals surface area contributed by atoms with E-state index in [9.17, 15) is 8.42 Å². The average Bonchev–Trinajstić information content (AvgIpc) is 2.80. The molecule has 108 valence electrons. The van der Waals surface area contributed by atoms with Crippen molar-refractivity contribution in [3.63, 3.8) is 0 Å². The molecule has 0 spiro atoms. The van der Waals surface area contributed by atoms with Crippen molar-refractivity contribution < 1.29 is 8.42 Å². The molecule has 3 N–H and O–H groups in total. The molecule has 0 aliphatic rings. The molecule has 7 heteroatoms. The molecule has 2 aromatic rings. The highest BCUT2D eigenvalue weighted by Gasteiger charge is 2.17. The van der Waals surface area contributed by atoms with Gasteiger partial charge in [-0.2, -0.15) is 0 Å². The number of benzene rings is 1. The van der Waals surface area contributed by atoms with Crippen LogP contribution < -0.4 is 10.5 Å². The summed E-state index contributed by atoms with van der Waals surface area (Å²) in [5.74, 6) is 0.263. The van der Waals surface area contributed by atoms with E-state index in [0.29, 0.717) is 10.8 Å². The fourth-order valence-electron chi connectivity index (χ4n) is 1.56. The lowest BCUT2D eigenvalue weighted by atomic mass is 10.2. The quantitative estimate of drug-likeness (QED) is 0.850. The molecule has 0 aliphatic carbocycles. The van der Waals surface area contributed by atoms with Gasteiger partial charge in [0, 0.05) is 11.1 Å². The van der Waals surface area contributed by atoms with Gasteiger partial charge in [0.15, 0.2) is 5.13 Å². The Morgan fingerprint density at radius 2 is 2.05 bits per heavy atom. The molecule has 1 aromatic heterocycles. The van der Waals surface area contributed by atoms with E-state index in [-0.39, 0.29) is 10.8 Å². The van der Waals surface area contributed by atoms with Crippen molar-refractivity contribution in [2.24, 2.45) is 0 Å². The summed E-state index contributed by atoms with van der Waals surface area (Å²) in [6.45, 7) is 5.84. The summed E-state index contributed by atoms with van der Waals surface area (Å²) in [7, 11) is -3.65. The maximum atomic E-state index is 12.2. The molecule has 1 heterocycles. The van der Waals surface area contributed by atoms with Gasteiger partial charge in [-0.05, 0) is 30.5 Å². The number of nitrogens with zero attached hydrogens (tertiary/aromatic N) is 1. The monoisotopic (exact) mass is 311 g/mol. The first-order valence-corrected chi connectivity index (χ1v) is 8.50. The zero-order chi connectivity index (χ0) is 14.9. The van der Waals surface area contributed by atoms with E-state index in [0.717, 1.165) is 11.3 Å². The van der Waals surface area contributed by atoms with Crippen molar-refractivity contribution in [3.05, 3.63) is 34.8 Å². The Morgan fingerprint density at radius 1 is 1.35 bits per heavy atom. The predicted molar refractivity (Wildman–Crippen MR) is 82.6 cm³/mol. The van der Waals surface area contributed by atoms with Crippen LogP contribution >= 0.6 is 11.3 Å². The van der Waals surface area contributed by atoms with E-state index < -0.39 is 10.0 Å². The van der Waals surface area contributed by atoms with Gasteiger partial charge in [0.25, 0.3) is 10.0 Å². The van der Waals surface area contributed by atoms with E-state index in [4.69, 9.17) is 5.73 Å². The number of nitrogens with one attached hydrogen (secondary N) is 1. The van der Waals surface area contributed by atoms with Crippen molar-refractivity contribution in [3.8, 4) is 0 Å². The van der Waals surface area contributed by atoms with Crippen LogP contribution in [0.15, 0.2) is 28.5 Å². The van der Waals surface area contributed by atoms with Gasteiger partial charge in [-0.3, -0.25) is 4.72 Å². The van der Waals surface area contributed by atoms with E-state index >= 15 is 0 Å². The van der Waals surface area contributed by atoms with Crippen LogP contribution in [0.4, 0.5) is 10.8 Å². The lowest BCUT2D eigenvalue weighted by Crippen LogP contribution is -2.13. The third-order valence-corrected chi connectivity index (χ3v) is 5.14. The second-order valence-corrected chi connectivity index (χ2v) is 7.40. The number of sulfonamides is 1. The number of hydrogen-bond acceptors (Lipinski definition) is 5. The first-order chi connectivity index (χ1) is 9.29. The van der Waals surface area contributed by atoms with Crippen LogP contribution in [0.3, 0.4) is 0 Å². The van der Waals surface area contributed by atoms with Crippen molar-refractivity contribution in [2.75, 3.05) is 10.5 Å². The molecule has 0 amide bonds. The average molecular weight is 311 g/mol. The van der Waals surface area contributed by atoms with Crippen LogP contribution in [0, 0.1) is 6.92 Å². The molecule has 0 atom stereocenters. The zero-order valence-corrected chi connectivity index (χ0v) is 13.2. The lowest BCUT2D eigenvalue weighted by molar-refractivity contribution is 0.601. The van der Waals surface area contributed by atoms with Gasteiger partial charge in [0.05, 0.1) is 10.6 Å². The first kappa shape index (κ1) is 14.8. The molecule has 0 saturated heterocycles. The van der Waals surface area contributed by atoms with Gasteiger partial charge in [-0.15, -0.1) is 11.3 Å². The van der Waals surface area contributed by atoms with Crippen LogP contribution in [0.2, 0.25) is 0 Å². The highest BCUT2D eigenvalue weighted by atomic mass is 32.2. The number of aryl methyl sites for hydroxylation is 1. The summed E-state index contributed by atoms with van der Waals surface area (Å²) < 4.78 is 27.0. The highest BCUT2D eigenvalue weighted by Crippen LogP contribution is 2.25. The van der Waals surface area contributed by atoms with Gasteiger partial charge < -0.3 is 5.73 Å². The topological polar surface area (TPSA) is 85.1 Å². The van der Waals surface area contributed by atoms with Crippen LogP contribution in [0.1, 0.15) is 31.0 Å². The largest absolute Gasteiger partial charge is 0.398 e. The Balaban J connectivity index is 2.28. The molecule has 20 heavy (non-hydrogen) atoms. The molecule has 5 nitrogen and oxygen atoms in total. The van der Waals surface area contributed by atoms with Crippen molar-refractivity contribution in [2.45, 2.75) is 31.6 Å². The van der Waals surface area contributed by atoms with E-state index in [2.05, 4.69) is 9.71 Å². The molecule has 0 radical (unpaired) electrons. The molecule has 0 fully saturated rings. The summed E-state index contributed by atoms with van der Waals surface area (Å²) in [6.07, 6.45) is 0. The fraction of sp³-hybridized carbons (Fsp3) is 0.308.